The number of carbonyl (C=O) groups excluding carboxylic acids is 2. The molecule has 1 saturated heterocycles. The molecule has 1 fully saturated rings. The van der Waals surface area contributed by atoms with Crippen LogP contribution in [0.3, 0.4) is 0 Å². The summed E-state index contributed by atoms with van der Waals surface area (Å²) in [5.41, 5.74) is 3.41. The summed E-state index contributed by atoms with van der Waals surface area (Å²) < 4.78 is 29.4. The molecule has 0 N–H and O–H groups in total. The van der Waals surface area contributed by atoms with Crippen molar-refractivity contribution in [3.63, 3.8) is 0 Å². The lowest BCUT2D eigenvalue weighted by Gasteiger charge is -2.30. The highest BCUT2D eigenvalue weighted by Gasteiger charge is 2.39. The number of hydrogen-bond acceptors (Lipinski definition) is 2. The third-order valence-corrected chi connectivity index (χ3v) is 6.55. The van der Waals surface area contributed by atoms with Crippen LogP contribution in [0.5, 0.6) is 0 Å². The van der Waals surface area contributed by atoms with E-state index in [1.807, 2.05) is 23.1 Å². The first-order valence-electron chi connectivity index (χ1n) is 10.9. The maximum Gasteiger partial charge on any atom is 0.322 e. The summed E-state index contributed by atoms with van der Waals surface area (Å²) in [5.74, 6) is -3.92. The molecule has 0 spiro atoms. The maximum atomic E-state index is 13.7. The van der Waals surface area contributed by atoms with E-state index in [0.29, 0.717) is 31.4 Å². The zero-order valence-corrected chi connectivity index (χ0v) is 18.2. The third kappa shape index (κ3) is 3.98. The predicted octanol–water partition coefficient (Wildman–Crippen LogP) is 4.24. The van der Waals surface area contributed by atoms with Gasteiger partial charge in [0.1, 0.15) is 0 Å². The van der Waals surface area contributed by atoms with Crippen molar-refractivity contribution in [2.24, 2.45) is 5.92 Å². The molecule has 2 aromatic rings. The number of carbonyl (C=O) groups is 2. The van der Waals surface area contributed by atoms with Crippen LogP contribution in [-0.2, 0) is 24.3 Å². The molecule has 0 saturated carbocycles. The van der Waals surface area contributed by atoms with Crippen molar-refractivity contribution in [2.75, 3.05) is 19.6 Å². The van der Waals surface area contributed by atoms with Gasteiger partial charge in [-0.3, -0.25) is 9.59 Å². The highest BCUT2D eigenvalue weighted by molar-refractivity contribution is 5.99. The molecule has 31 heavy (non-hydrogen) atoms. The molecule has 0 atom stereocenters. The van der Waals surface area contributed by atoms with E-state index in [2.05, 4.69) is 18.1 Å². The van der Waals surface area contributed by atoms with E-state index in [4.69, 9.17) is 0 Å². The van der Waals surface area contributed by atoms with Crippen LogP contribution in [0.2, 0.25) is 0 Å². The number of alkyl halides is 2. The summed E-state index contributed by atoms with van der Waals surface area (Å²) in [6.07, 6.45) is 4.29. The van der Waals surface area contributed by atoms with Crippen LogP contribution in [0, 0.1) is 5.92 Å². The SMILES string of the molecule is C=CCn1c2c(c3cc(C(=O)N4CCC(C)CC4)ccc31)CN(C(=O)C(C)(F)F)CC2. The van der Waals surface area contributed by atoms with Gasteiger partial charge in [0, 0.05) is 73.8 Å². The molecule has 2 amide bonds. The smallest absolute Gasteiger partial charge is 0.322 e. The molecular weight excluding hydrogens is 400 g/mol. The van der Waals surface area contributed by atoms with E-state index in [0.717, 1.165) is 48.1 Å². The van der Waals surface area contributed by atoms with Gasteiger partial charge in [0.05, 0.1) is 0 Å². The van der Waals surface area contributed by atoms with Crippen molar-refractivity contribution in [1.82, 2.24) is 14.4 Å². The lowest BCUT2D eigenvalue weighted by molar-refractivity contribution is -0.155. The van der Waals surface area contributed by atoms with E-state index >= 15 is 0 Å². The summed E-state index contributed by atoms with van der Waals surface area (Å²) in [7, 11) is 0. The van der Waals surface area contributed by atoms with Crippen LogP contribution >= 0.6 is 0 Å². The predicted molar refractivity (Wildman–Crippen MR) is 116 cm³/mol. The molecule has 2 aliphatic heterocycles. The van der Waals surface area contributed by atoms with E-state index in [1.165, 1.54) is 4.90 Å². The largest absolute Gasteiger partial charge is 0.340 e. The average molecular weight is 430 g/mol. The van der Waals surface area contributed by atoms with E-state index in [-0.39, 0.29) is 19.0 Å². The van der Waals surface area contributed by atoms with Gasteiger partial charge < -0.3 is 14.4 Å². The van der Waals surface area contributed by atoms with Gasteiger partial charge in [0.25, 0.3) is 11.8 Å². The Kier molecular flexibility index (Phi) is 5.62. The minimum absolute atomic E-state index is 0.00264. The summed E-state index contributed by atoms with van der Waals surface area (Å²) >= 11 is 0. The average Bonchev–Trinajstić information content (AvgIpc) is 3.05. The summed E-state index contributed by atoms with van der Waals surface area (Å²) in [6.45, 7) is 9.14. The Morgan fingerprint density at radius 3 is 2.55 bits per heavy atom. The van der Waals surface area contributed by atoms with Crippen molar-refractivity contribution in [3.05, 3.63) is 47.7 Å². The molecule has 5 nitrogen and oxygen atoms in total. The quantitative estimate of drug-likeness (QED) is 0.683. The van der Waals surface area contributed by atoms with Crippen molar-refractivity contribution >= 4 is 22.7 Å². The van der Waals surface area contributed by atoms with E-state index < -0.39 is 11.8 Å². The molecule has 1 aromatic carbocycles. The van der Waals surface area contributed by atoms with Gasteiger partial charge in [-0.25, -0.2) is 0 Å². The Balaban J connectivity index is 1.72. The molecule has 0 unspecified atom stereocenters. The Morgan fingerprint density at radius 1 is 1.19 bits per heavy atom. The maximum absolute atomic E-state index is 13.7. The highest BCUT2D eigenvalue weighted by Crippen LogP contribution is 2.33. The zero-order valence-electron chi connectivity index (χ0n) is 18.2. The third-order valence-electron chi connectivity index (χ3n) is 6.55. The van der Waals surface area contributed by atoms with Crippen molar-refractivity contribution in [2.45, 2.75) is 52.1 Å². The molecule has 7 heteroatoms. The molecule has 3 heterocycles. The second kappa shape index (κ2) is 8.09. The van der Waals surface area contributed by atoms with Gasteiger partial charge in [-0.1, -0.05) is 13.0 Å². The summed E-state index contributed by atoms with van der Waals surface area (Å²) in [6, 6.07) is 5.64. The molecule has 166 valence electrons. The van der Waals surface area contributed by atoms with Crippen LogP contribution in [0.1, 0.15) is 48.3 Å². The van der Waals surface area contributed by atoms with Crippen LogP contribution in [0.25, 0.3) is 10.9 Å². The molecule has 0 aliphatic carbocycles. The van der Waals surface area contributed by atoms with E-state index in [1.54, 1.807) is 6.08 Å². The Bertz CT molecular complexity index is 1030. The fourth-order valence-corrected chi connectivity index (χ4v) is 4.77. The molecular formula is C24H29F2N3O2. The zero-order chi connectivity index (χ0) is 22.3. The first-order valence-corrected chi connectivity index (χ1v) is 10.9. The fourth-order valence-electron chi connectivity index (χ4n) is 4.77. The number of rotatable bonds is 4. The number of halogens is 2. The van der Waals surface area contributed by atoms with Gasteiger partial charge in [-0.15, -0.1) is 6.58 Å². The number of allylic oxidation sites excluding steroid dienone is 1. The standard InChI is InChI=1S/C24H29F2N3O2/c1-4-10-29-20-6-5-17(22(30)27-11-7-16(2)8-12-27)14-18(20)19-15-28(13-9-21(19)29)23(31)24(3,25)26/h4-6,14,16H,1,7-13,15H2,2-3H3. The molecule has 2 aliphatic rings. The number of amides is 2. The van der Waals surface area contributed by atoms with Gasteiger partial charge in [-0.2, -0.15) is 8.78 Å². The Hall–Kier alpha value is -2.70. The monoisotopic (exact) mass is 429 g/mol. The van der Waals surface area contributed by atoms with Crippen LogP contribution in [0.4, 0.5) is 8.78 Å². The number of benzene rings is 1. The van der Waals surface area contributed by atoms with Gasteiger partial charge >= 0.3 is 5.92 Å². The second-order valence-electron chi connectivity index (χ2n) is 8.90. The molecule has 1 aromatic heterocycles. The van der Waals surface area contributed by atoms with Crippen molar-refractivity contribution in [1.29, 1.82) is 0 Å². The topological polar surface area (TPSA) is 45.6 Å². The second-order valence-corrected chi connectivity index (χ2v) is 8.90. The summed E-state index contributed by atoms with van der Waals surface area (Å²) in [4.78, 5) is 28.4. The summed E-state index contributed by atoms with van der Waals surface area (Å²) in [5, 5.41) is 0.852. The van der Waals surface area contributed by atoms with Crippen LogP contribution < -0.4 is 0 Å². The molecule has 4 rings (SSSR count). The number of nitrogens with zero attached hydrogens (tertiary/aromatic N) is 3. The minimum Gasteiger partial charge on any atom is -0.340 e. The number of aromatic nitrogens is 1. The fraction of sp³-hybridized carbons (Fsp3) is 0.500. The number of hydrogen-bond donors (Lipinski definition) is 0. The number of likely N-dealkylation sites (tertiary alicyclic amines) is 1. The molecule has 0 radical (unpaired) electrons. The highest BCUT2D eigenvalue weighted by atomic mass is 19.3. The normalized spacial score (nSPS) is 17.7. The lowest BCUT2D eigenvalue weighted by Crippen LogP contribution is -2.44. The Labute approximate surface area is 181 Å². The first kappa shape index (κ1) is 21.5. The number of fused-ring (bicyclic) bond motifs is 3. The van der Waals surface area contributed by atoms with Gasteiger partial charge in [0.2, 0.25) is 0 Å². The van der Waals surface area contributed by atoms with Gasteiger partial charge in [0.15, 0.2) is 0 Å². The van der Waals surface area contributed by atoms with Crippen LogP contribution in [-0.4, -0.2) is 51.7 Å². The lowest BCUT2D eigenvalue weighted by atomic mass is 9.98. The Morgan fingerprint density at radius 2 is 1.90 bits per heavy atom. The molecule has 0 bridgehead atoms. The van der Waals surface area contributed by atoms with Crippen molar-refractivity contribution < 1.29 is 18.4 Å². The minimum atomic E-state index is -3.40. The van der Waals surface area contributed by atoms with Gasteiger partial charge in [-0.05, 0) is 37.0 Å². The first-order chi connectivity index (χ1) is 14.7. The van der Waals surface area contributed by atoms with Crippen LogP contribution in [0.15, 0.2) is 30.9 Å². The van der Waals surface area contributed by atoms with Crippen molar-refractivity contribution in [3.8, 4) is 0 Å². The van der Waals surface area contributed by atoms with E-state index in [9.17, 15) is 18.4 Å². The number of piperidine rings is 1.